The Balaban J connectivity index is 1.74. The zero-order chi connectivity index (χ0) is 15.8. The van der Waals surface area contributed by atoms with Crippen LogP contribution in [0.25, 0.3) is 10.9 Å². The van der Waals surface area contributed by atoms with E-state index in [1.54, 1.807) is 6.07 Å². The number of H-pyrrole nitrogens is 1. The molecule has 3 aromatic rings. The van der Waals surface area contributed by atoms with Gasteiger partial charge in [0, 0.05) is 22.0 Å². The van der Waals surface area contributed by atoms with Crippen LogP contribution in [0.1, 0.15) is 34.3 Å². The molecular formula is C18H16N2O2S. The van der Waals surface area contributed by atoms with E-state index in [1.165, 1.54) is 16.9 Å². The van der Waals surface area contributed by atoms with Crippen LogP contribution in [0.2, 0.25) is 0 Å². The molecule has 116 valence electrons. The zero-order valence-corrected chi connectivity index (χ0v) is 13.3. The summed E-state index contributed by atoms with van der Waals surface area (Å²) in [6.45, 7) is 0. The molecule has 0 radical (unpaired) electrons. The van der Waals surface area contributed by atoms with E-state index >= 15 is 0 Å². The molecular weight excluding hydrogens is 308 g/mol. The van der Waals surface area contributed by atoms with Gasteiger partial charge in [-0.15, -0.1) is 0 Å². The Morgan fingerprint density at radius 1 is 1.13 bits per heavy atom. The monoisotopic (exact) mass is 324 g/mol. The molecule has 1 aliphatic rings. The van der Waals surface area contributed by atoms with E-state index in [2.05, 4.69) is 10.3 Å². The highest BCUT2D eigenvalue weighted by molar-refractivity contribution is 7.08. The van der Waals surface area contributed by atoms with Crippen molar-refractivity contribution in [3.8, 4) is 0 Å². The second-order valence-electron chi connectivity index (χ2n) is 5.84. The molecule has 23 heavy (non-hydrogen) atoms. The molecule has 0 saturated carbocycles. The van der Waals surface area contributed by atoms with Crippen LogP contribution < -0.4 is 10.9 Å². The Bertz CT molecular complexity index is 942. The van der Waals surface area contributed by atoms with Gasteiger partial charge in [0.25, 0.3) is 11.5 Å². The lowest BCUT2D eigenvalue weighted by Gasteiger charge is -2.17. The second kappa shape index (κ2) is 5.66. The Labute approximate surface area is 137 Å². The standard InChI is InChI=1S/C18H16N2O2S/c21-17(11-7-8-23-10-11)19-12-5-6-14-13-3-1-2-4-15(13)18(22)20-16(14)9-12/h5-10H,1-4H2,(H,19,21)(H,20,22). The van der Waals surface area contributed by atoms with Gasteiger partial charge in [0.1, 0.15) is 0 Å². The summed E-state index contributed by atoms with van der Waals surface area (Å²) in [6, 6.07) is 7.54. The molecule has 2 N–H and O–H groups in total. The normalized spacial score (nSPS) is 13.7. The van der Waals surface area contributed by atoms with Crippen LogP contribution in [-0.2, 0) is 12.8 Å². The maximum Gasteiger partial charge on any atom is 0.256 e. The summed E-state index contributed by atoms with van der Waals surface area (Å²) in [5.74, 6) is -0.133. The number of benzene rings is 1. The fraction of sp³-hybridized carbons (Fsp3) is 0.222. The van der Waals surface area contributed by atoms with Crippen LogP contribution in [0.3, 0.4) is 0 Å². The highest BCUT2D eigenvalue weighted by Crippen LogP contribution is 2.27. The maximum absolute atomic E-state index is 12.3. The van der Waals surface area contributed by atoms with Gasteiger partial charge in [-0.3, -0.25) is 9.59 Å². The second-order valence-corrected chi connectivity index (χ2v) is 6.62. The van der Waals surface area contributed by atoms with E-state index in [9.17, 15) is 9.59 Å². The van der Waals surface area contributed by atoms with Gasteiger partial charge in [-0.25, -0.2) is 0 Å². The van der Waals surface area contributed by atoms with Crippen molar-refractivity contribution < 1.29 is 4.79 Å². The summed E-state index contributed by atoms with van der Waals surface area (Å²) >= 11 is 1.49. The fourth-order valence-corrected chi connectivity index (χ4v) is 3.87. The summed E-state index contributed by atoms with van der Waals surface area (Å²) in [4.78, 5) is 27.4. The van der Waals surface area contributed by atoms with Gasteiger partial charge in [0.05, 0.1) is 11.1 Å². The van der Waals surface area contributed by atoms with Crippen LogP contribution in [0.4, 0.5) is 5.69 Å². The number of fused-ring (bicyclic) bond motifs is 3. The van der Waals surface area contributed by atoms with E-state index in [0.717, 1.165) is 42.1 Å². The van der Waals surface area contributed by atoms with Crippen LogP contribution in [-0.4, -0.2) is 10.9 Å². The number of rotatable bonds is 2. The van der Waals surface area contributed by atoms with Crippen molar-refractivity contribution in [1.82, 2.24) is 4.98 Å². The Kier molecular flexibility index (Phi) is 3.50. The molecule has 0 spiro atoms. The number of aryl methyl sites for hydroxylation is 1. The zero-order valence-electron chi connectivity index (χ0n) is 12.5. The predicted octanol–water partition coefficient (Wildman–Crippen LogP) is 3.72. The molecule has 0 bridgehead atoms. The molecule has 0 saturated heterocycles. The maximum atomic E-state index is 12.3. The number of hydrogen-bond acceptors (Lipinski definition) is 3. The van der Waals surface area contributed by atoms with E-state index in [4.69, 9.17) is 0 Å². The SMILES string of the molecule is O=C(Nc1ccc2c3c(c(=O)[nH]c2c1)CCCC3)c1ccsc1. The van der Waals surface area contributed by atoms with E-state index in [1.807, 2.05) is 29.0 Å². The minimum atomic E-state index is -0.133. The molecule has 4 nitrogen and oxygen atoms in total. The van der Waals surface area contributed by atoms with Crippen LogP contribution in [0.15, 0.2) is 39.8 Å². The molecule has 5 heteroatoms. The largest absolute Gasteiger partial charge is 0.322 e. The lowest BCUT2D eigenvalue weighted by Crippen LogP contribution is -2.19. The molecule has 1 amide bonds. The number of aromatic amines is 1. The number of carbonyl (C=O) groups excluding carboxylic acids is 1. The summed E-state index contributed by atoms with van der Waals surface area (Å²) in [5, 5.41) is 7.66. The average Bonchev–Trinajstić information content (AvgIpc) is 3.09. The summed E-state index contributed by atoms with van der Waals surface area (Å²) in [5.41, 5.74) is 4.24. The number of carbonyl (C=O) groups is 1. The van der Waals surface area contributed by atoms with Crippen molar-refractivity contribution in [3.05, 3.63) is 62.1 Å². The fourth-order valence-electron chi connectivity index (χ4n) is 3.24. The lowest BCUT2D eigenvalue weighted by atomic mass is 9.90. The molecule has 1 aromatic carbocycles. The third-order valence-electron chi connectivity index (χ3n) is 4.38. The first-order valence-electron chi connectivity index (χ1n) is 7.74. The van der Waals surface area contributed by atoms with Crippen LogP contribution >= 0.6 is 11.3 Å². The summed E-state index contributed by atoms with van der Waals surface area (Å²) in [6.07, 6.45) is 4.02. The minimum absolute atomic E-state index is 0.00788. The topological polar surface area (TPSA) is 62.0 Å². The first-order valence-corrected chi connectivity index (χ1v) is 8.68. The molecule has 0 atom stereocenters. The number of aromatic nitrogens is 1. The molecule has 0 aliphatic heterocycles. The number of thiophene rings is 1. The smallest absolute Gasteiger partial charge is 0.256 e. The number of hydrogen-bond donors (Lipinski definition) is 2. The van der Waals surface area contributed by atoms with Crippen LogP contribution in [0.5, 0.6) is 0 Å². The van der Waals surface area contributed by atoms with Crippen molar-refractivity contribution in [1.29, 1.82) is 0 Å². The summed E-state index contributed by atoms with van der Waals surface area (Å²) < 4.78 is 0. The predicted molar refractivity (Wildman–Crippen MR) is 93.5 cm³/mol. The van der Waals surface area contributed by atoms with Gasteiger partial charge in [-0.05, 0) is 54.8 Å². The highest BCUT2D eigenvalue weighted by atomic mass is 32.1. The Morgan fingerprint density at radius 3 is 2.74 bits per heavy atom. The van der Waals surface area contributed by atoms with Crippen molar-refractivity contribution in [3.63, 3.8) is 0 Å². The Hall–Kier alpha value is -2.40. The lowest BCUT2D eigenvalue weighted by molar-refractivity contribution is 0.102. The molecule has 4 rings (SSSR count). The third-order valence-corrected chi connectivity index (χ3v) is 5.06. The molecule has 2 aromatic heterocycles. The van der Waals surface area contributed by atoms with Gasteiger partial charge in [-0.2, -0.15) is 11.3 Å². The first-order chi connectivity index (χ1) is 11.2. The van der Waals surface area contributed by atoms with Crippen molar-refractivity contribution in [2.24, 2.45) is 0 Å². The molecule has 0 unspecified atom stereocenters. The molecule has 0 fully saturated rings. The van der Waals surface area contributed by atoms with Gasteiger partial charge in [-0.1, -0.05) is 6.07 Å². The average molecular weight is 324 g/mol. The van der Waals surface area contributed by atoms with Gasteiger partial charge in [0.2, 0.25) is 0 Å². The molecule has 1 aliphatic carbocycles. The number of nitrogens with one attached hydrogen (secondary N) is 2. The third kappa shape index (κ3) is 2.57. The van der Waals surface area contributed by atoms with Crippen molar-refractivity contribution in [2.75, 3.05) is 5.32 Å². The van der Waals surface area contributed by atoms with Gasteiger partial charge >= 0.3 is 0 Å². The molecule has 2 heterocycles. The van der Waals surface area contributed by atoms with Gasteiger partial charge in [0.15, 0.2) is 0 Å². The van der Waals surface area contributed by atoms with Gasteiger partial charge < -0.3 is 10.3 Å². The van der Waals surface area contributed by atoms with Crippen molar-refractivity contribution in [2.45, 2.75) is 25.7 Å². The van der Waals surface area contributed by atoms with E-state index in [0.29, 0.717) is 11.3 Å². The van der Waals surface area contributed by atoms with E-state index < -0.39 is 0 Å². The first kappa shape index (κ1) is 14.2. The number of anilines is 1. The number of pyridine rings is 1. The summed E-state index contributed by atoms with van der Waals surface area (Å²) in [7, 11) is 0. The van der Waals surface area contributed by atoms with E-state index in [-0.39, 0.29) is 11.5 Å². The van der Waals surface area contributed by atoms with Crippen LogP contribution in [0, 0.1) is 0 Å². The minimum Gasteiger partial charge on any atom is -0.322 e. The highest BCUT2D eigenvalue weighted by Gasteiger charge is 2.16. The van der Waals surface area contributed by atoms with Crippen molar-refractivity contribution >= 4 is 33.8 Å². The number of amides is 1. The quantitative estimate of drug-likeness (QED) is 0.754. The Morgan fingerprint density at radius 2 is 1.96 bits per heavy atom.